The summed E-state index contributed by atoms with van der Waals surface area (Å²) >= 11 is 6.70. The van der Waals surface area contributed by atoms with Gasteiger partial charge in [-0.15, -0.1) is 23.5 Å². The van der Waals surface area contributed by atoms with E-state index in [1.165, 1.54) is 36.5 Å². The molecule has 1 saturated carbocycles. The third kappa shape index (κ3) is 1.34. The van der Waals surface area contributed by atoms with Gasteiger partial charge in [0.15, 0.2) is 0 Å². The maximum Gasteiger partial charge on any atom is 0.0827 e. The first kappa shape index (κ1) is 10.5. The predicted molar refractivity (Wildman–Crippen MR) is 77.4 cm³/mol. The minimum absolute atomic E-state index is 0.506. The van der Waals surface area contributed by atoms with Crippen LogP contribution in [-0.2, 0) is 0 Å². The lowest BCUT2D eigenvalue weighted by Crippen LogP contribution is -2.37. The maximum atomic E-state index is 2.57. The quantitative estimate of drug-likeness (QED) is 0.611. The predicted octanol–water partition coefficient (Wildman–Crippen LogP) is 3.94. The van der Waals surface area contributed by atoms with Gasteiger partial charge in [0.05, 0.1) is 4.08 Å². The van der Waals surface area contributed by atoms with Crippen molar-refractivity contribution in [3.63, 3.8) is 0 Å². The number of allylic oxidation sites excluding steroid dienone is 2. The molecule has 1 spiro atoms. The van der Waals surface area contributed by atoms with Gasteiger partial charge in [-0.25, -0.2) is 0 Å². The van der Waals surface area contributed by atoms with E-state index in [4.69, 9.17) is 0 Å². The van der Waals surface area contributed by atoms with E-state index in [2.05, 4.69) is 47.4 Å². The molecule has 0 nitrogen and oxygen atoms in total. The molecule has 2 atom stereocenters. The highest BCUT2D eigenvalue weighted by Crippen LogP contribution is 2.62. The second kappa shape index (κ2) is 3.76. The van der Waals surface area contributed by atoms with Crippen LogP contribution in [0.3, 0.4) is 0 Å². The van der Waals surface area contributed by atoms with E-state index in [0.717, 1.165) is 11.2 Å². The minimum Gasteiger partial charge on any atom is -0.153 e. The zero-order valence-corrected chi connectivity index (χ0v) is 11.7. The molecule has 2 aliphatic heterocycles. The molecule has 16 heavy (non-hydrogen) atoms. The number of hydrogen-bond acceptors (Lipinski definition) is 3. The SMILES string of the molecule is C1=C2CSC3CCC4(SCCS4)C(=CC1)C23. The first-order valence-electron chi connectivity index (χ1n) is 6.18. The van der Waals surface area contributed by atoms with Crippen LogP contribution in [0, 0.1) is 5.92 Å². The molecule has 4 rings (SSSR count). The minimum atomic E-state index is 0.506. The van der Waals surface area contributed by atoms with Crippen molar-refractivity contribution in [2.75, 3.05) is 17.3 Å². The maximum absolute atomic E-state index is 2.57. The Balaban J connectivity index is 1.77. The molecule has 2 saturated heterocycles. The van der Waals surface area contributed by atoms with Gasteiger partial charge >= 0.3 is 0 Å². The zero-order chi connectivity index (χ0) is 10.6. The molecule has 3 heteroatoms. The first-order chi connectivity index (χ1) is 7.89. The Morgan fingerprint density at radius 3 is 2.94 bits per heavy atom. The van der Waals surface area contributed by atoms with E-state index in [0.29, 0.717) is 4.08 Å². The smallest absolute Gasteiger partial charge is 0.0827 e. The lowest BCUT2D eigenvalue weighted by atomic mass is 9.76. The molecular weight excluding hydrogens is 252 g/mol. The van der Waals surface area contributed by atoms with Crippen molar-refractivity contribution in [2.45, 2.75) is 28.6 Å². The summed E-state index contributed by atoms with van der Waals surface area (Å²) in [5.41, 5.74) is 3.58. The Bertz CT molecular complexity index is 377. The van der Waals surface area contributed by atoms with Crippen LogP contribution in [0.1, 0.15) is 19.3 Å². The van der Waals surface area contributed by atoms with E-state index in [1.807, 2.05) is 5.57 Å². The van der Waals surface area contributed by atoms with Crippen molar-refractivity contribution >= 4 is 35.3 Å². The molecule has 0 bridgehead atoms. The molecule has 86 valence electrons. The highest BCUT2D eigenvalue weighted by atomic mass is 32.2. The first-order valence-corrected chi connectivity index (χ1v) is 9.20. The van der Waals surface area contributed by atoms with Gasteiger partial charge in [0, 0.05) is 28.4 Å². The summed E-state index contributed by atoms with van der Waals surface area (Å²) in [6.07, 6.45) is 9.15. The fourth-order valence-corrected chi connectivity index (χ4v) is 8.50. The van der Waals surface area contributed by atoms with Gasteiger partial charge in [0.1, 0.15) is 0 Å². The van der Waals surface area contributed by atoms with E-state index in [1.54, 1.807) is 5.57 Å². The van der Waals surface area contributed by atoms with E-state index in [9.17, 15) is 0 Å². The number of rotatable bonds is 0. The molecule has 0 N–H and O–H groups in total. The van der Waals surface area contributed by atoms with Crippen LogP contribution < -0.4 is 0 Å². The van der Waals surface area contributed by atoms with Crippen LogP contribution in [0.2, 0.25) is 0 Å². The molecule has 0 aromatic heterocycles. The average molecular weight is 268 g/mol. The topological polar surface area (TPSA) is 0 Å². The van der Waals surface area contributed by atoms with Crippen LogP contribution in [0.4, 0.5) is 0 Å². The van der Waals surface area contributed by atoms with Crippen molar-refractivity contribution in [3.8, 4) is 0 Å². The van der Waals surface area contributed by atoms with Crippen LogP contribution in [0.15, 0.2) is 23.3 Å². The molecule has 2 aliphatic carbocycles. The number of thioether (sulfide) groups is 3. The van der Waals surface area contributed by atoms with Gasteiger partial charge in [-0.2, -0.15) is 11.8 Å². The van der Waals surface area contributed by atoms with Crippen molar-refractivity contribution in [2.24, 2.45) is 5.92 Å². The zero-order valence-electron chi connectivity index (χ0n) is 9.28. The Hall–Kier alpha value is 0.530. The Morgan fingerprint density at radius 2 is 2.06 bits per heavy atom. The van der Waals surface area contributed by atoms with E-state index >= 15 is 0 Å². The third-order valence-corrected chi connectivity index (χ3v) is 9.27. The Kier molecular flexibility index (Phi) is 2.46. The summed E-state index contributed by atoms with van der Waals surface area (Å²) < 4.78 is 0.506. The summed E-state index contributed by atoms with van der Waals surface area (Å²) in [6.45, 7) is 0. The van der Waals surface area contributed by atoms with Crippen molar-refractivity contribution < 1.29 is 0 Å². The fraction of sp³-hybridized carbons (Fsp3) is 0.692. The fourth-order valence-electron chi connectivity index (χ4n) is 3.56. The molecule has 0 aromatic rings. The van der Waals surface area contributed by atoms with E-state index < -0.39 is 0 Å². The Morgan fingerprint density at radius 1 is 1.19 bits per heavy atom. The lowest BCUT2D eigenvalue weighted by Gasteiger charge is -2.43. The molecule has 3 fully saturated rings. The van der Waals surface area contributed by atoms with Gasteiger partial charge < -0.3 is 0 Å². The summed E-state index contributed by atoms with van der Waals surface area (Å²) in [7, 11) is 0. The molecular formula is C13H16S3. The van der Waals surface area contributed by atoms with Gasteiger partial charge in [0.25, 0.3) is 0 Å². The van der Waals surface area contributed by atoms with Gasteiger partial charge in [-0.1, -0.05) is 17.7 Å². The summed E-state index contributed by atoms with van der Waals surface area (Å²) in [6, 6.07) is 0. The molecule has 2 unspecified atom stereocenters. The molecule has 0 aromatic carbocycles. The average Bonchev–Trinajstić information content (AvgIpc) is 2.92. The second-order valence-electron chi connectivity index (χ2n) is 4.99. The van der Waals surface area contributed by atoms with Crippen molar-refractivity contribution in [1.82, 2.24) is 0 Å². The number of hydrogen-bond donors (Lipinski definition) is 0. The van der Waals surface area contributed by atoms with Crippen LogP contribution in [0.25, 0.3) is 0 Å². The molecule has 0 radical (unpaired) electrons. The number of fused-ring (bicyclic) bond motifs is 1. The van der Waals surface area contributed by atoms with Gasteiger partial charge in [0.2, 0.25) is 0 Å². The molecule has 4 aliphatic rings. The van der Waals surface area contributed by atoms with E-state index in [-0.39, 0.29) is 0 Å². The Labute approximate surface area is 110 Å². The standard InChI is InChI=1S/C13H16S3/c1-2-9-8-14-11-4-5-13(15-6-7-16-13)10(3-1)12(9)11/h2-3,11-12H,1,4-8H2. The summed E-state index contributed by atoms with van der Waals surface area (Å²) in [5.74, 6) is 4.89. The third-order valence-electron chi connectivity index (χ3n) is 4.24. The molecule has 2 heterocycles. The summed E-state index contributed by atoms with van der Waals surface area (Å²) in [5, 5.41) is 0.922. The van der Waals surface area contributed by atoms with Crippen LogP contribution >= 0.6 is 35.3 Å². The largest absolute Gasteiger partial charge is 0.153 e. The van der Waals surface area contributed by atoms with Gasteiger partial charge in [-0.05, 0) is 24.8 Å². The van der Waals surface area contributed by atoms with Crippen LogP contribution in [-0.4, -0.2) is 26.6 Å². The summed E-state index contributed by atoms with van der Waals surface area (Å²) in [4.78, 5) is 0. The van der Waals surface area contributed by atoms with Crippen molar-refractivity contribution in [3.05, 3.63) is 23.3 Å². The monoisotopic (exact) mass is 268 g/mol. The van der Waals surface area contributed by atoms with Gasteiger partial charge in [-0.3, -0.25) is 0 Å². The lowest BCUT2D eigenvalue weighted by molar-refractivity contribution is 0.513. The highest BCUT2D eigenvalue weighted by molar-refractivity contribution is 8.21. The normalized spacial score (nSPS) is 39.5. The van der Waals surface area contributed by atoms with Crippen molar-refractivity contribution in [1.29, 1.82) is 0 Å². The van der Waals surface area contributed by atoms with Crippen LogP contribution in [0.5, 0.6) is 0 Å². The molecule has 0 amide bonds. The highest BCUT2D eigenvalue weighted by Gasteiger charge is 2.51. The second-order valence-corrected chi connectivity index (χ2v) is 9.26.